The molecule has 30 heavy (non-hydrogen) atoms. The van der Waals surface area contributed by atoms with Crippen LogP contribution in [0.1, 0.15) is 35.3 Å². The van der Waals surface area contributed by atoms with Gasteiger partial charge in [0.2, 0.25) is 0 Å². The molecule has 156 valence electrons. The van der Waals surface area contributed by atoms with Crippen LogP contribution in [0.3, 0.4) is 0 Å². The van der Waals surface area contributed by atoms with Crippen molar-refractivity contribution in [2.75, 3.05) is 0 Å². The topological polar surface area (TPSA) is 85.6 Å². The van der Waals surface area contributed by atoms with Crippen molar-refractivity contribution in [3.63, 3.8) is 0 Å². The maximum absolute atomic E-state index is 12.4. The summed E-state index contributed by atoms with van der Waals surface area (Å²) in [7, 11) is 0. The number of amides is 1. The zero-order valence-corrected chi connectivity index (χ0v) is 17.8. The Labute approximate surface area is 182 Å². The van der Waals surface area contributed by atoms with Gasteiger partial charge in [0.05, 0.1) is 10.6 Å². The fraction of sp³-hybridized carbons (Fsp3) is 0.227. The third-order valence-electron chi connectivity index (χ3n) is 4.57. The van der Waals surface area contributed by atoms with E-state index in [1.807, 2.05) is 6.92 Å². The summed E-state index contributed by atoms with van der Waals surface area (Å²) < 4.78 is 10.5. The summed E-state index contributed by atoms with van der Waals surface area (Å²) >= 11 is 12.3. The molecule has 1 amide bonds. The molecule has 1 N–H and O–H groups in total. The first kappa shape index (κ1) is 21.9. The van der Waals surface area contributed by atoms with E-state index in [0.29, 0.717) is 28.0 Å². The van der Waals surface area contributed by atoms with Gasteiger partial charge < -0.3 is 14.5 Å². The van der Waals surface area contributed by atoms with Crippen LogP contribution in [0.15, 0.2) is 51.7 Å². The molecule has 0 fully saturated rings. The molecule has 0 aliphatic carbocycles. The quantitative estimate of drug-likeness (QED) is 0.443. The Kier molecular flexibility index (Phi) is 6.80. The van der Waals surface area contributed by atoms with Crippen LogP contribution in [0.4, 0.5) is 0 Å². The van der Waals surface area contributed by atoms with Crippen LogP contribution in [-0.2, 0) is 22.6 Å². The Morgan fingerprint density at radius 3 is 2.53 bits per heavy atom. The van der Waals surface area contributed by atoms with Gasteiger partial charge in [0, 0.05) is 22.0 Å². The van der Waals surface area contributed by atoms with E-state index in [1.54, 1.807) is 36.4 Å². The molecule has 0 saturated carbocycles. The molecule has 2 aromatic carbocycles. The van der Waals surface area contributed by atoms with Gasteiger partial charge in [0.25, 0.3) is 5.91 Å². The molecule has 0 radical (unpaired) electrons. The summed E-state index contributed by atoms with van der Waals surface area (Å²) in [5.74, 6) is -1.15. The van der Waals surface area contributed by atoms with E-state index < -0.39 is 23.5 Å². The van der Waals surface area contributed by atoms with Crippen molar-refractivity contribution < 1.29 is 18.7 Å². The maximum atomic E-state index is 12.4. The SMILES string of the molecule is CCc1cc2oc(=O)cc(COC(=O)C(C)NC(=O)c3ccccc3Cl)c2cc1Cl. The van der Waals surface area contributed by atoms with E-state index in [4.69, 9.17) is 32.4 Å². The van der Waals surface area contributed by atoms with E-state index in [1.165, 1.54) is 13.0 Å². The summed E-state index contributed by atoms with van der Waals surface area (Å²) in [6.07, 6.45) is 0.681. The molecule has 1 unspecified atom stereocenters. The number of hydrogen-bond acceptors (Lipinski definition) is 5. The lowest BCUT2D eigenvalue weighted by molar-refractivity contribution is -0.146. The first-order chi connectivity index (χ1) is 14.3. The van der Waals surface area contributed by atoms with Crippen molar-refractivity contribution in [1.82, 2.24) is 5.32 Å². The van der Waals surface area contributed by atoms with E-state index >= 15 is 0 Å². The van der Waals surface area contributed by atoms with Gasteiger partial charge in [-0.1, -0.05) is 42.3 Å². The number of aryl methyl sites for hydroxylation is 1. The van der Waals surface area contributed by atoms with Gasteiger partial charge in [-0.15, -0.1) is 0 Å². The van der Waals surface area contributed by atoms with Crippen LogP contribution >= 0.6 is 23.2 Å². The summed E-state index contributed by atoms with van der Waals surface area (Å²) in [4.78, 5) is 36.6. The molecule has 1 atom stereocenters. The fourth-order valence-electron chi connectivity index (χ4n) is 2.93. The first-order valence-electron chi connectivity index (χ1n) is 9.27. The second-order valence-electron chi connectivity index (χ2n) is 6.67. The minimum absolute atomic E-state index is 0.172. The average Bonchev–Trinajstić information content (AvgIpc) is 2.71. The molecule has 0 spiro atoms. The van der Waals surface area contributed by atoms with Crippen molar-refractivity contribution in [3.05, 3.63) is 79.6 Å². The first-order valence-corrected chi connectivity index (χ1v) is 10.0. The number of carbonyl (C=O) groups excluding carboxylic acids is 2. The molecule has 3 rings (SSSR count). The number of hydrogen-bond donors (Lipinski definition) is 1. The average molecular weight is 448 g/mol. The molecule has 1 heterocycles. The predicted molar refractivity (Wildman–Crippen MR) is 115 cm³/mol. The van der Waals surface area contributed by atoms with E-state index in [9.17, 15) is 14.4 Å². The minimum atomic E-state index is -0.921. The van der Waals surface area contributed by atoms with Gasteiger partial charge >= 0.3 is 11.6 Å². The third-order valence-corrected chi connectivity index (χ3v) is 5.25. The van der Waals surface area contributed by atoms with Crippen molar-refractivity contribution in [3.8, 4) is 0 Å². The normalized spacial score (nSPS) is 11.9. The van der Waals surface area contributed by atoms with Crippen LogP contribution in [0.25, 0.3) is 11.0 Å². The highest BCUT2D eigenvalue weighted by Crippen LogP contribution is 2.26. The molecule has 0 bridgehead atoms. The lowest BCUT2D eigenvalue weighted by Crippen LogP contribution is -2.39. The number of halogens is 2. The highest BCUT2D eigenvalue weighted by Gasteiger charge is 2.20. The van der Waals surface area contributed by atoms with Crippen LogP contribution in [0.5, 0.6) is 0 Å². The number of ether oxygens (including phenoxy) is 1. The number of carbonyl (C=O) groups is 2. The van der Waals surface area contributed by atoms with Crippen molar-refractivity contribution >= 4 is 46.0 Å². The Morgan fingerprint density at radius 2 is 1.83 bits per heavy atom. The molecule has 0 saturated heterocycles. The number of rotatable bonds is 6. The monoisotopic (exact) mass is 447 g/mol. The van der Waals surface area contributed by atoms with Crippen LogP contribution in [0, 0.1) is 0 Å². The Bertz CT molecular complexity index is 1170. The van der Waals surface area contributed by atoms with Gasteiger partial charge in [0.15, 0.2) is 0 Å². The molecular weight excluding hydrogens is 429 g/mol. The van der Waals surface area contributed by atoms with Crippen LogP contribution in [0.2, 0.25) is 10.0 Å². The second-order valence-corrected chi connectivity index (χ2v) is 7.48. The molecule has 3 aromatic rings. The summed E-state index contributed by atoms with van der Waals surface area (Å²) in [5, 5.41) is 3.94. The van der Waals surface area contributed by atoms with E-state index in [-0.39, 0.29) is 17.2 Å². The standard InChI is InChI=1S/C22H19Cl2NO5/c1-3-13-8-19-16(10-18(13)24)14(9-20(26)30-19)11-29-22(28)12(2)25-21(27)15-6-4-5-7-17(15)23/h4-10,12H,3,11H2,1-2H3,(H,25,27). The third kappa shape index (κ3) is 4.83. The molecule has 1 aromatic heterocycles. The Balaban J connectivity index is 1.73. The predicted octanol–water partition coefficient (Wildman–Crippen LogP) is 4.52. The highest BCUT2D eigenvalue weighted by atomic mass is 35.5. The molecule has 0 aliphatic rings. The van der Waals surface area contributed by atoms with Crippen LogP contribution < -0.4 is 10.9 Å². The largest absolute Gasteiger partial charge is 0.459 e. The van der Waals surface area contributed by atoms with E-state index in [2.05, 4.69) is 5.32 Å². The Hall–Kier alpha value is -2.83. The lowest BCUT2D eigenvalue weighted by Gasteiger charge is -2.14. The van der Waals surface area contributed by atoms with Crippen molar-refractivity contribution in [1.29, 1.82) is 0 Å². The number of esters is 1. The summed E-state index contributed by atoms with van der Waals surface area (Å²) in [6, 6.07) is 10.2. The van der Waals surface area contributed by atoms with Crippen molar-refractivity contribution in [2.24, 2.45) is 0 Å². The second kappa shape index (κ2) is 9.32. The van der Waals surface area contributed by atoms with Crippen LogP contribution in [-0.4, -0.2) is 17.9 Å². The number of fused-ring (bicyclic) bond motifs is 1. The van der Waals surface area contributed by atoms with Gasteiger partial charge in [-0.3, -0.25) is 4.79 Å². The summed E-state index contributed by atoms with van der Waals surface area (Å²) in [5.41, 5.74) is 1.38. The van der Waals surface area contributed by atoms with Gasteiger partial charge in [-0.2, -0.15) is 0 Å². The fourth-order valence-corrected chi connectivity index (χ4v) is 3.45. The highest BCUT2D eigenvalue weighted by molar-refractivity contribution is 6.34. The van der Waals surface area contributed by atoms with Gasteiger partial charge in [0.1, 0.15) is 18.2 Å². The van der Waals surface area contributed by atoms with Crippen molar-refractivity contribution in [2.45, 2.75) is 32.9 Å². The summed E-state index contributed by atoms with van der Waals surface area (Å²) in [6.45, 7) is 3.27. The molecule has 0 aliphatic heterocycles. The maximum Gasteiger partial charge on any atom is 0.336 e. The Morgan fingerprint density at radius 1 is 1.10 bits per heavy atom. The zero-order chi connectivity index (χ0) is 21.8. The molecular formula is C22H19Cl2NO5. The lowest BCUT2D eigenvalue weighted by atomic mass is 10.1. The smallest absolute Gasteiger partial charge is 0.336 e. The minimum Gasteiger partial charge on any atom is -0.459 e. The molecule has 8 heteroatoms. The van der Waals surface area contributed by atoms with Gasteiger partial charge in [-0.05, 0) is 43.2 Å². The van der Waals surface area contributed by atoms with Gasteiger partial charge in [-0.25, -0.2) is 9.59 Å². The zero-order valence-electron chi connectivity index (χ0n) is 16.3. The number of benzene rings is 2. The number of nitrogens with one attached hydrogen (secondary N) is 1. The molecule has 6 nitrogen and oxygen atoms in total. The van der Waals surface area contributed by atoms with E-state index in [0.717, 1.165) is 5.56 Å².